The number of nitrogens with zero attached hydrogens (tertiary/aromatic N) is 1. The lowest BCUT2D eigenvalue weighted by molar-refractivity contribution is 0.0702. The summed E-state index contributed by atoms with van der Waals surface area (Å²) in [4.78, 5) is 26.5. The van der Waals surface area contributed by atoms with E-state index in [9.17, 15) is 9.59 Å². The van der Waals surface area contributed by atoms with E-state index in [2.05, 4.69) is 23.4 Å². The first-order chi connectivity index (χ1) is 11.1. The summed E-state index contributed by atoms with van der Waals surface area (Å²) in [5.41, 5.74) is 2.31. The topological polar surface area (TPSA) is 75.1 Å². The molecule has 128 valence electrons. The van der Waals surface area contributed by atoms with Gasteiger partial charge < -0.3 is 14.7 Å². The summed E-state index contributed by atoms with van der Waals surface area (Å²) in [6, 6.07) is 3.85. The Morgan fingerprint density at radius 2 is 2.08 bits per heavy atom. The third kappa shape index (κ3) is 2.89. The van der Waals surface area contributed by atoms with Gasteiger partial charge in [0, 0.05) is 24.0 Å². The number of carboxylic acid groups (broad SMARTS) is 1. The minimum atomic E-state index is -0.945. The van der Waals surface area contributed by atoms with Gasteiger partial charge in [-0.1, -0.05) is 21.3 Å². The fraction of sp³-hybridized carbons (Fsp3) is 0.333. The van der Waals surface area contributed by atoms with Crippen LogP contribution in [0.5, 0.6) is 0 Å². The number of pyridine rings is 1. The Morgan fingerprint density at radius 3 is 2.67 bits per heavy atom. The smallest absolute Gasteiger partial charge is 0.345 e. The second-order valence-corrected chi connectivity index (χ2v) is 6.40. The van der Waals surface area contributed by atoms with Gasteiger partial charge in [-0.3, -0.25) is 4.79 Å². The minimum absolute atomic E-state index is 0. The van der Waals surface area contributed by atoms with Crippen LogP contribution in [0.3, 0.4) is 0 Å². The number of thiophene rings is 1. The van der Waals surface area contributed by atoms with Crippen LogP contribution in [0.25, 0.3) is 22.0 Å². The predicted octanol–water partition coefficient (Wildman–Crippen LogP) is 4.75. The molecule has 0 spiro atoms. The third-order valence-electron chi connectivity index (χ3n) is 4.21. The number of hydrogen-bond acceptors (Lipinski definition) is 3. The highest BCUT2D eigenvalue weighted by atomic mass is 32.1. The second kappa shape index (κ2) is 7.05. The monoisotopic (exact) mass is 346 g/mol. The molecule has 0 fully saturated rings. The third-order valence-corrected chi connectivity index (χ3v) is 5.13. The maximum Gasteiger partial charge on any atom is 0.345 e. The fourth-order valence-corrected chi connectivity index (χ4v) is 3.75. The van der Waals surface area contributed by atoms with Crippen LogP contribution in [0.15, 0.2) is 34.7 Å². The van der Waals surface area contributed by atoms with Crippen LogP contribution in [0.4, 0.5) is 0 Å². The van der Waals surface area contributed by atoms with Gasteiger partial charge in [0.05, 0.1) is 10.9 Å². The quantitative estimate of drug-likeness (QED) is 0.700. The molecule has 3 heterocycles. The van der Waals surface area contributed by atoms with E-state index < -0.39 is 5.97 Å². The maximum absolute atomic E-state index is 12.3. The van der Waals surface area contributed by atoms with Crippen LogP contribution in [-0.4, -0.2) is 20.6 Å². The number of fused-ring (bicyclic) bond motifs is 1. The Labute approximate surface area is 144 Å². The molecule has 0 saturated heterocycles. The van der Waals surface area contributed by atoms with E-state index in [4.69, 9.17) is 5.11 Å². The van der Waals surface area contributed by atoms with Gasteiger partial charge in [-0.2, -0.15) is 0 Å². The van der Waals surface area contributed by atoms with Gasteiger partial charge in [0.1, 0.15) is 4.88 Å². The molecule has 0 bridgehead atoms. The molecule has 0 unspecified atom stereocenters. The zero-order chi connectivity index (χ0) is 16.6. The van der Waals surface area contributed by atoms with Gasteiger partial charge in [0.2, 0.25) is 0 Å². The zero-order valence-electron chi connectivity index (χ0n) is 13.0. The van der Waals surface area contributed by atoms with E-state index in [1.165, 1.54) is 11.3 Å². The average molecular weight is 346 g/mol. The summed E-state index contributed by atoms with van der Waals surface area (Å²) in [6.45, 7) is 4.25. The Morgan fingerprint density at radius 1 is 1.38 bits per heavy atom. The molecule has 0 aliphatic carbocycles. The molecule has 0 aromatic carbocycles. The Kier molecular flexibility index (Phi) is 5.29. The maximum atomic E-state index is 12.3. The lowest BCUT2D eigenvalue weighted by Crippen LogP contribution is -2.08. The summed E-state index contributed by atoms with van der Waals surface area (Å²) < 4.78 is 2.14. The van der Waals surface area contributed by atoms with Crippen molar-refractivity contribution in [2.75, 3.05) is 0 Å². The normalized spacial score (nSPS) is 11.0. The highest BCUT2D eigenvalue weighted by molar-refractivity contribution is 7.12. The van der Waals surface area contributed by atoms with E-state index >= 15 is 0 Å². The second-order valence-electron chi connectivity index (χ2n) is 5.49. The van der Waals surface area contributed by atoms with E-state index in [0.29, 0.717) is 11.4 Å². The molecule has 0 aliphatic heterocycles. The molecule has 5 nitrogen and oxygen atoms in total. The largest absolute Gasteiger partial charge is 0.477 e. The highest BCUT2D eigenvalue weighted by Gasteiger charge is 2.19. The number of carboxylic acids is 1. The van der Waals surface area contributed by atoms with E-state index in [1.54, 1.807) is 17.6 Å². The Balaban J connectivity index is 0.00000208. The predicted molar refractivity (Wildman–Crippen MR) is 99.2 cm³/mol. The molecule has 0 atom stereocenters. The first-order valence-electron chi connectivity index (χ1n) is 7.61. The summed E-state index contributed by atoms with van der Waals surface area (Å²) in [5, 5.41) is 11.5. The zero-order valence-corrected chi connectivity index (χ0v) is 13.8. The van der Waals surface area contributed by atoms with E-state index in [-0.39, 0.29) is 17.9 Å². The first-order valence-corrected chi connectivity index (χ1v) is 8.49. The van der Waals surface area contributed by atoms with Crippen molar-refractivity contribution in [3.8, 4) is 11.1 Å². The number of rotatable bonds is 5. The van der Waals surface area contributed by atoms with Crippen molar-refractivity contribution in [2.45, 2.75) is 40.2 Å². The summed E-state index contributed by atoms with van der Waals surface area (Å²) in [7, 11) is 0. The minimum Gasteiger partial charge on any atom is -0.477 e. The molecule has 0 radical (unpaired) electrons. The molecule has 3 aromatic rings. The molecular weight excluding hydrogens is 324 g/mol. The lowest BCUT2D eigenvalue weighted by Gasteiger charge is -2.15. The summed E-state index contributed by atoms with van der Waals surface area (Å²) in [5.74, 6) is -0.945. The van der Waals surface area contributed by atoms with Crippen molar-refractivity contribution >= 4 is 28.2 Å². The van der Waals surface area contributed by atoms with Gasteiger partial charge >= 0.3 is 5.97 Å². The first kappa shape index (κ1) is 18.0. The van der Waals surface area contributed by atoms with Crippen LogP contribution < -0.4 is 5.56 Å². The highest BCUT2D eigenvalue weighted by Crippen LogP contribution is 2.34. The van der Waals surface area contributed by atoms with E-state index in [0.717, 1.165) is 29.5 Å². The van der Waals surface area contributed by atoms with Gasteiger partial charge in [-0.15, -0.1) is 11.3 Å². The molecule has 2 N–H and O–H groups in total. The average Bonchev–Trinajstić information content (AvgIpc) is 3.14. The van der Waals surface area contributed by atoms with Crippen LogP contribution in [0, 0.1) is 0 Å². The van der Waals surface area contributed by atoms with Gasteiger partial charge in [0.25, 0.3) is 5.56 Å². The number of H-pyrrole nitrogens is 1. The van der Waals surface area contributed by atoms with Crippen molar-refractivity contribution in [3.05, 3.63) is 45.1 Å². The summed E-state index contributed by atoms with van der Waals surface area (Å²) >= 11 is 1.18. The van der Waals surface area contributed by atoms with Crippen molar-refractivity contribution < 1.29 is 9.90 Å². The van der Waals surface area contributed by atoms with Crippen molar-refractivity contribution in [3.63, 3.8) is 0 Å². The number of aromatic amines is 1. The van der Waals surface area contributed by atoms with Crippen LogP contribution in [0.2, 0.25) is 0 Å². The van der Waals surface area contributed by atoms with Gasteiger partial charge in [-0.25, -0.2) is 4.79 Å². The Bertz CT molecular complexity index is 916. The van der Waals surface area contributed by atoms with E-state index in [1.807, 2.05) is 12.3 Å². The van der Waals surface area contributed by atoms with Crippen molar-refractivity contribution in [1.29, 1.82) is 0 Å². The van der Waals surface area contributed by atoms with Crippen molar-refractivity contribution in [1.82, 2.24) is 9.55 Å². The van der Waals surface area contributed by atoms with Gasteiger partial charge in [-0.05, 0) is 35.9 Å². The SMILES string of the molecule is C.CCC(CC)n1cc(-c2csc(C(=O)O)c2)c2c(=O)[nH]ccc21. The summed E-state index contributed by atoms with van der Waals surface area (Å²) in [6.07, 6.45) is 5.57. The van der Waals surface area contributed by atoms with Crippen LogP contribution in [-0.2, 0) is 0 Å². The van der Waals surface area contributed by atoms with Crippen LogP contribution >= 0.6 is 11.3 Å². The molecule has 24 heavy (non-hydrogen) atoms. The lowest BCUT2D eigenvalue weighted by atomic mass is 10.1. The Hall–Kier alpha value is -2.34. The number of aromatic carboxylic acids is 1. The fourth-order valence-electron chi connectivity index (χ4n) is 3.01. The number of aromatic nitrogens is 2. The standard InChI is InChI=1S/C17H18N2O3S.CH4/c1-3-11(4-2)19-8-12(10-7-14(17(21)22)23-9-10)15-13(19)5-6-18-16(15)20;/h5-9,11H,3-4H2,1-2H3,(H,18,20)(H,21,22);1H4. The molecule has 3 rings (SSSR count). The molecular formula is C18H22N2O3S. The van der Waals surface area contributed by atoms with Gasteiger partial charge in [0.15, 0.2) is 0 Å². The molecule has 6 heteroatoms. The number of hydrogen-bond donors (Lipinski definition) is 2. The molecule has 0 amide bonds. The van der Waals surface area contributed by atoms with Crippen molar-refractivity contribution in [2.24, 2.45) is 0 Å². The van der Waals surface area contributed by atoms with Crippen LogP contribution in [0.1, 0.15) is 49.8 Å². The molecule has 3 aromatic heterocycles. The molecule has 0 saturated carbocycles. The number of nitrogens with one attached hydrogen (secondary N) is 1. The number of carbonyl (C=O) groups is 1. The molecule has 0 aliphatic rings.